The maximum Gasteiger partial charge on any atom is 0.335 e. The smallest absolute Gasteiger partial charge is 0.335 e. The third kappa shape index (κ3) is 7.22. The molecular weight excluding hydrogens is 697 g/mol. The zero-order chi connectivity index (χ0) is 38.1. The molecule has 6 heterocycles. The van der Waals surface area contributed by atoms with Gasteiger partial charge in [0.1, 0.15) is 17.4 Å². The molecule has 4 aliphatic heterocycles. The van der Waals surface area contributed by atoms with Gasteiger partial charge in [0.05, 0.1) is 0 Å². The summed E-state index contributed by atoms with van der Waals surface area (Å²) in [4.78, 5) is 25.9. The van der Waals surface area contributed by atoms with Crippen LogP contribution in [0, 0.1) is 0 Å². The van der Waals surface area contributed by atoms with E-state index in [0.29, 0.717) is 23.5 Å². The molecule has 2 unspecified atom stereocenters. The SMILES string of the molecule is C=C1C2=Cc3cc4c5c(c3OC2CCNc2cc(C3CCCCC3)ccc2C1(C)CCCCCCCCC(=O)On1nnc2cccnc21)CCCN5CCC4. The fourth-order valence-corrected chi connectivity index (χ4v) is 10.5. The zero-order valence-corrected chi connectivity index (χ0v) is 33.3. The van der Waals surface area contributed by atoms with Crippen molar-refractivity contribution in [1.82, 2.24) is 20.1 Å². The van der Waals surface area contributed by atoms with Gasteiger partial charge in [-0.15, -0.1) is 5.10 Å². The largest absolute Gasteiger partial charge is 0.485 e. The highest BCUT2D eigenvalue weighted by molar-refractivity contribution is 5.79. The van der Waals surface area contributed by atoms with Gasteiger partial charge in [0, 0.05) is 66.6 Å². The molecule has 1 saturated carbocycles. The Balaban J connectivity index is 0.904. The lowest BCUT2D eigenvalue weighted by molar-refractivity contribution is -0.145. The van der Waals surface area contributed by atoms with Crippen LogP contribution in [0.5, 0.6) is 5.75 Å². The molecule has 9 rings (SSSR count). The molecule has 1 aliphatic carbocycles. The van der Waals surface area contributed by atoms with Gasteiger partial charge in [-0.3, -0.25) is 0 Å². The highest BCUT2D eigenvalue weighted by Gasteiger charge is 2.40. The monoisotopic (exact) mass is 754 g/mol. The van der Waals surface area contributed by atoms with Gasteiger partial charge < -0.3 is 19.8 Å². The molecule has 294 valence electrons. The lowest BCUT2D eigenvalue weighted by Crippen LogP contribution is -2.36. The second-order valence-corrected chi connectivity index (χ2v) is 17.2. The number of nitrogens with one attached hydrogen (secondary N) is 1. The summed E-state index contributed by atoms with van der Waals surface area (Å²) in [5.74, 6) is 1.48. The van der Waals surface area contributed by atoms with Gasteiger partial charge in [0.2, 0.25) is 5.65 Å². The minimum Gasteiger partial charge on any atom is -0.485 e. The van der Waals surface area contributed by atoms with E-state index >= 15 is 0 Å². The van der Waals surface area contributed by atoms with Gasteiger partial charge in [0.25, 0.3) is 0 Å². The van der Waals surface area contributed by atoms with Crippen molar-refractivity contribution >= 4 is 34.6 Å². The van der Waals surface area contributed by atoms with Crippen molar-refractivity contribution in [2.75, 3.05) is 29.9 Å². The summed E-state index contributed by atoms with van der Waals surface area (Å²) in [7, 11) is 0. The number of hydrogen-bond acceptors (Lipinski definition) is 8. The summed E-state index contributed by atoms with van der Waals surface area (Å²) in [6.07, 6.45) is 23.9. The van der Waals surface area contributed by atoms with Crippen molar-refractivity contribution < 1.29 is 14.4 Å². The van der Waals surface area contributed by atoms with Crippen molar-refractivity contribution in [3.8, 4) is 5.75 Å². The summed E-state index contributed by atoms with van der Waals surface area (Å²) < 4.78 is 7.18. The minimum absolute atomic E-state index is 0.0200. The number of benzene rings is 2. The van der Waals surface area contributed by atoms with Gasteiger partial charge in [-0.1, -0.05) is 77.0 Å². The molecule has 9 nitrogen and oxygen atoms in total. The number of rotatable bonds is 11. The van der Waals surface area contributed by atoms with Crippen LogP contribution in [0.15, 0.2) is 60.3 Å². The van der Waals surface area contributed by atoms with Crippen molar-refractivity contribution in [2.24, 2.45) is 0 Å². The van der Waals surface area contributed by atoms with Gasteiger partial charge in [-0.05, 0) is 126 Å². The molecule has 2 atom stereocenters. The Morgan fingerprint density at radius 2 is 1.80 bits per heavy atom. The van der Waals surface area contributed by atoms with Crippen molar-refractivity contribution in [2.45, 2.75) is 140 Å². The molecule has 2 aromatic heterocycles. The zero-order valence-electron chi connectivity index (χ0n) is 33.3. The van der Waals surface area contributed by atoms with E-state index in [1.807, 2.05) is 0 Å². The fourth-order valence-electron chi connectivity index (χ4n) is 10.5. The van der Waals surface area contributed by atoms with Crippen molar-refractivity contribution in [3.63, 3.8) is 0 Å². The molecule has 0 radical (unpaired) electrons. The first-order chi connectivity index (χ1) is 27.5. The van der Waals surface area contributed by atoms with Crippen LogP contribution >= 0.6 is 0 Å². The van der Waals surface area contributed by atoms with Crippen LogP contribution in [0.3, 0.4) is 0 Å². The Morgan fingerprint density at radius 1 is 0.982 bits per heavy atom. The number of nitrogens with zero attached hydrogens (tertiary/aromatic N) is 5. The molecule has 56 heavy (non-hydrogen) atoms. The highest BCUT2D eigenvalue weighted by atomic mass is 16.7. The van der Waals surface area contributed by atoms with Crippen LogP contribution in [0.1, 0.15) is 143 Å². The normalized spacial score (nSPS) is 21.9. The number of anilines is 2. The van der Waals surface area contributed by atoms with E-state index in [4.69, 9.17) is 16.2 Å². The molecule has 4 aromatic rings. The van der Waals surface area contributed by atoms with Crippen LogP contribution in [-0.4, -0.2) is 51.8 Å². The second kappa shape index (κ2) is 16.1. The van der Waals surface area contributed by atoms with Gasteiger partial charge in [0.15, 0.2) is 0 Å². The topological polar surface area (TPSA) is 94.4 Å². The van der Waals surface area contributed by atoms with E-state index in [9.17, 15) is 4.79 Å². The summed E-state index contributed by atoms with van der Waals surface area (Å²) in [6.45, 7) is 10.6. The third-order valence-corrected chi connectivity index (χ3v) is 13.5. The van der Waals surface area contributed by atoms with Gasteiger partial charge in [-0.25, -0.2) is 9.78 Å². The van der Waals surface area contributed by atoms with E-state index in [1.165, 1.54) is 108 Å². The number of ether oxygens (including phenoxy) is 1. The maximum absolute atomic E-state index is 12.5. The van der Waals surface area contributed by atoms with E-state index in [-0.39, 0.29) is 17.5 Å². The maximum atomic E-state index is 12.5. The first kappa shape index (κ1) is 36.9. The highest BCUT2D eigenvalue weighted by Crippen LogP contribution is 2.51. The van der Waals surface area contributed by atoms with Gasteiger partial charge in [-0.2, -0.15) is 0 Å². The lowest BCUT2D eigenvalue weighted by atomic mass is 9.68. The average Bonchev–Trinajstić information content (AvgIpc) is 3.65. The van der Waals surface area contributed by atoms with E-state index in [2.05, 4.69) is 62.8 Å². The van der Waals surface area contributed by atoms with Crippen molar-refractivity contribution in [1.29, 1.82) is 0 Å². The Bertz CT molecular complexity index is 2130. The standard InChI is InChI=1S/C47H58N6O3/c1-32-38-30-36-29-35-17-13-27-52-28-14-18-37(44(35)52)45(36)55-42(38)23-26-48-41-31-34(33-15-8-7-9-16-33)21-22-39(41)47(32,2)24-11-6-4-3-5-10-20-43(54)56-53-46-40(50-51-53)19-12-25-49-46/h12,19,21-22,25,29-31,33,42,48H,1,3-11,13-18,20,23-24,26-28H2,2H3. The molecule has 0 spiro atoms. The number of fused-ring (bicyclic) bond motifs is 5. The van der Waals surface area contributed by atoms with Gasteiger partial charge >= 0.3 is 5.97 Å². The van der Waals surface area contributed by atoms with Crippen LogP contribution in [0.2, 0.25) is 0 Å². The van der Waals surface area contributed by atoms with E-state index < -0.39 is 0 Å². The molecule has 1 N–H and O–H groups in total. The molecular formula is C47H58N6O3. The minimum atomic E-state index is -0.309. The summed E-state index contributed by atoms with van der Waals surface area (Å²) >= 11 is 0. The quantitative estimate of drug-likeness (QED) is 0.120. The number of aromatic nitrogens is 4. The summed E-state index contributed by atoms with van der Waals surface area (Å²) in [6, 6.07) is 13.4. The summed E-state index contributed by atoms with van der Waals surface area (Å²) in [5, 5.41) is 11.9. The fraction of sp³-hybridized carbons (Fsp3) is 0.532. The predicted octanol–water partition coefficient (Wildman–Crippen LogP) is 9.82. The molecule has 0 amide bonds. The number of pyridine rings is 1. The van der Waals surface area contributed by atoms with E-state index in [0.717, 1.165) is 81.3 Å². The summed E-state index contributed by atoms with van der Waals surface area (Å²) in [5.41, 5.74) is 13.1. The first-order valence-corrected chi connectivity index (χ1v) is 21.7. The number of aryl methyl sites for hydroxylation is 1. The molecule has 0 bridgehead atoms. The molecule has 0 saturated heterocycles. The Hall–Kier alpha value is -4.66. The molecule has 1 fully saturated rings. The molecule has 5 aliphatic rings. The first-order valence-electron chi connectivity index (χ1n) is 21.7. The molecule has 2 aromatic carbocycles. The number of unbranched alkanes of at least 4 members (excludes halogenated alkanes) is 5. The second-order valence-electron chi connectivity index (χ2n) is 17.2. The van der Waals surface area contributed by atoms with Crippen molar-refractivity contribution in [3.05, 3.63) is 88.1 Å². The number of carbonyl (C=O) groups is 1. The number of carbonyl (C=O) groups excluding carboxylic acids is 1. The van der Waals surface area contributed by atoms with E-state index in [1.54, 1.807) is 18.3 Å². The molecule has 9 heteroatoms. The van der Waals surface area contributed by atoms with Crippen LogP contribution < -0.4 is 19.8 Å². The Labute approximate surface area is 331 Å². The Kier molecular flexibility index (Phi) is 10.6. The van der Waals surface area contributed by atoms with Crippen LogP contribution in [-0.2, 0) is 23.1 Å². The average molecular weight is 755 g/mol. The van der Waals surface area contributed by atoms with Crippen LogP contribution in [0.4, 0.5) is 11.4 Å². The predicted molar refractivity (Wildman–Crippen MR) is 223 cm³/mol. The third-order valence-electron chi connectivity index (χ3n) is 13.5. The van der Waals surface area contributed by atoms with Crippen LogP contribution in [0.25, 0.3) is 17.2 Å². The number of hydrogen-bond donors (Lipinski definition) is 1. The Morgan fingerprint density at radius 3 is 2.68 bits per heavy atom. The lowest BCUT2D eigenvalue weighted by Gasteiger charge is -2.41.